The summed E-state index contributed by atoms with van der Waals surface area (Å²) in [6, 6.07) is 12.5. The molecule has 0 bridgehead atoms. The van der Waals surface area contributed by atoms with Gasteiger partial charge in [0.15, 0.2) is 5.82 Å². The van der Waals surface area contributed by atoms with E-state index in [2.05, 4.69) is 32.6 Å². The van der Waals surface area contributed by atoms with Crippen LogP contribution in [0.25, 0.3) is 11.4 Å². The van der Waals surface area contributed by atoms with E-state index in [1.165, 1.54) is 17.8 Å². The van der Waals surface area contributed by atoms with Crippen LogP contribution in [0.15, 0.2) is 64.7 Å². The molecule has 1 heterocycles. The van der Waals surface area contributed by atoms with E-state index in [4.69, 9.17) is 11.6 Å². The normalized spacial score (nSPS) is 10.8. The molecule has 0 saturated heterocycles. The van der Waals surface area contributed by atoms with Crippen molar-refractivity contribution in [2.45, 2.75) is 17.5 Å². The van der Waals surface area contributed by atoms with Gasteiger partial charge in [0.2, 0.25) is 5.16 Å². The van der Waals surface area contributed by atoms with Gasteiger partial charge in [0.1, 0.15) is 5.82 Å². The summed E-state index contributed by atoms with van der Waals surface area (Å²) in [5.74, 6) is 0.867. The van der Waals surface area contributed by atoms with E-state index in [0.717, 1.165) is 15.9 Å². The van der Waals surface area contributed by atoms with Crippen molar-refractivity contribution >= 4 is 39.3 Å². The number of halogens is 3. The number of benzene rings is 2. The average molecular weight is 439 g/mol. The van der Waals surface area contributed by atoms with E-state index in [1.54, 1.807) is 22.9 Å². The Morgan fingerprint density at radius 1 is 1.24 bits per heavy atom. The molecule has 2 aromatic carbocycles. The predicted molar refractivity (Wildman–Crippen MR) is 104 cm³/mol. The van der Waals surface area contributed by atoms with Gasteiger partial charge in [-0.1, -0.05) is 63.6 Å². The molecule has 0 aliphatic heterocycles. The van der Waals surface area contributed by atoms with Crippen molar-refractivity contribution in [2.24, 2.45) is 0 Å². The molecule has 7 heteroatoms. The summed E-state index contributed by atoms with van der Waals surface area (Å²) in [7, 11) is 0. The van der Waals surface area contributed by atoms with E-state index < -0.39 is 0 Å². The minimum Gasteiger partial charge on any atom is -0.241 e. The van der Waals surface area contributed by atoms with Crippen molar-refractivity contribution in [2.75, 3.05) is 0 Å². The number of hydrogen-bond acceptors (Lipinski definition) is 3. The Hall–Kier alpha value is -1.63. The number of aromatic nitrogens is 3. The molecule has 0 N–H and O–H groups in total. The fraction of sp³-hybridized carbons (Fsp3) is 0.111. The van der Waals surface area contributed by atoms with Gasteiger partial charge in [-0.2, -0.15) is 0 Å². The molecule has 3 aromatic rings. The number of allylic oxidation sites excluding steroid dienone is 1. The molecule has 3 rings (SSSR count). The minimum atomic E-state index is -0.321. The molecule has 0 amide bonds. The number of hydrogen-bond donors (Lipinski definition) is 0. The second kappa shape index (κ2) is 8.17. The van der Waals surface area contributed by atoms with Crippen LogP contribution in [-0.2, 0) is 12.3 Å². The van der Waals surface area contributed by atoms with E-state index in [-0.39, 0.29) is 5.82 Å². The first-order valence-electron chi connectivity index (χ1n) is 7.45. The average Bonchev–Trinajstić information content (AvgIpc) is 2.98. The summed E-state index contributed by atoms with van der Waals surface area (Å²) >= 11 is 10.6. The Kier molecular flexibility index (Phi) is 5.93. The molecule has 0 spiro atoms. The predicted octanol–water partition coefficient (Wildman–Crippen LogP) is 5.98. The second-order valence-corrected chi connectivity index (χ2v) is 7.51. The first-order valence-corrected chi connectivity index (χ1v) is 9.61. The zero-order chi connectivity index (χ0) is 17.8. The molecule has 1 aromatic heterocycles. The molecule has 0 fully saturated rings. The second-order valence-electron chi connectivity index (χ2n) is 5.22. The Balaban J connectivity index is 1.83. The van der Waals surface area contributed by atoms with Crippen molar-refractivity contribution in [3.8, 4) is 11.4 Å². The highest BCUT2D eigenvalue weighted by Crippen LogP contribution is 2.27. The molecule has 0 aliphatic carbocycles. The lowest BCUT2D eigenvalue weighted by molar-refractivity contribution is 0.617. The van der Waals surface area contributed by atoms with Gasteiger partial charge in [-0.25, -0.2) is 14.1 Å². The van der Waals surface area contributed by atoms with E-state index >= 15 is 0 Å². The molecule has 0 aliphatic rings. The van der Waals surface area contributed by atoms with Crippen LogP contribution in [0.5, 0.6) is 0 Å². The van der Waals surface area contributed by atoms with E-state index in [1.807, 2.05) is 24.3 Å². The van der Waals surface area contributed by atoms with E-state index in [9.17, 15) is 4.39 Å². The molecule has 0 radical (unpaired) electrons. The summed E-state index contributed by atoms with van der Waals surface area (Å²) in [5.41, 5.74) is 1.53. The van der Waals surface area contributed by atoms with Crippen LogP contribution >= 0.6 is 39.3 Å². The lowest BCUT2D eigenvalue weighted by atomic mass is 10.2. The summed E-state index contributed by atoms with van der Waals surface area (Å²) in [5, 5.41) is 5.48. The van der Waals surface area contributed by atoms with Gasteiger partial charge < -0.3 is 0 Å². The highest BCUT2D eigenvalue weighted by molar-refractivity contribution is 9.10. The van der Waals surface area contributed by atoms with Crippen LogP contribution in [0, 0.1) is 5.82 Å². The molecule has 0 unspecified atom stereocenters. The van der Waals surface area contributed by atoms with Gasteiger partial charge in [0.05, 0.1) is 6.54 Å². The number of rotatable bonds is 6. The fourth-order valence-electron chi connectivity index (χ4n) is 2.23. The topological polar surface area (TPSA) is 30.7 Å². The van der Waals surface area contributed by atoms with Crippen molar-refractivity contribution in [3.63, 3.8) is 0 Å². The van der Waals surface area contributed by atoms with Gasteiger partial charge in [-0.05, 0) is 29.8 Å². The van der Waals surface area contributed by atoms with Crippen LogP contribution in [0.4, 0.5) is 4.39 Å². The summed E-state index contributed by atoms with van der Waals surface area (Å²) in [4.78, 5) is 4.59. The monoisotopic (exact) mass is 437 g/mol. The lowest BCUT2D eigenvalue weighted by Gasteiger charge is -2.02. The van der Waals surface area contributed by atoms with Crippen molar-refractivity contribution in [1.82, 2.24) is 14.8 Å². The number of nitrogens with zero attached hydrogens (tertiary/aromatic N) is 3. The first kappa shape index (κ1) is 18.2. The van der Waals surface area contributed by atoms with Crippen molar-refractivity contribution in [3.05, 3.63) is 76.0 Å². The molecule has 0 saturated carbocycles. The molecule has 3 nitrogen and oxygen atoms in total. The third-order valence-electron chi connectivity index (χ3n) is 3.43. The SMILES string of the molecule is C=CCn1nc(SCc2ccc(Cl)cc2F)nc1-c1ccc(Br)cc1. The van der Waals surface area contributed by atoms with Crippen LogP contribution in [-0.4, -0.2) is 14.8 Å². The lowest BCUT2D eigenvalue weighted by Crippen LogP contribution is -2.00. The number of thioether (sulfide) groups is 1. The molecule has 128 valence electrons. The first-order chi connectivity index (χ1) is 12.1. The molecule has 25 heavy (non-hydrogen) atoms. The van der Waals surface area contributed by atoms with Crippen LogP contribution in [0.3, 0.4) is 0 Å². The van der Waals surface area contributed by atoms with Gasteiger partial charge in [-0.3, -0.25) is 0 Å². The molecule has 0 atom stereocenters. The van der Waals surface area contributed by atoms with Gasteiger partial charge >= 0.3 is 0 Å². The zero-order valence-electron chi connectivity index (χ0n) is 13.1. The Morgan fingerprint density at radius 2 is 2.00 bits per heavy atom. The Morgan fingerprint density at radius 3 is 2.68 bits per heavy atom. The maximum atomic E-state index is 13.9. The summed E-state index contributed by atoms with van der Waals surface area (Å²) in [6.07, 6.45) is 1.77. The Labute approximate surface area is 163 Å². The fourth-order valence-corrected chi connectivity index (χ4v) is 3.47. The van der Waals surface area contributed by atoms with Gasteiger partial charge in [0.25, 0.3) is 0 Å². The minimum absolute atomic E-state index is 0.321. The van der Waals surface area contributed by atoms with Gasteiger partial charge in [0, 0.05) is 20.8 Å². The third kappa shape index (κ3) is 4.51. The van der Waals surface area contributed by atoms with Crippen LogP contribution in [0.2, 0.25) is 5.02 Å². The summed E-state index contributed by atoms with van der Waals surface area (Å²) in [6.45, 7) is 4.31. The zero-order valence-corrected chi connectivity index (χ0v) is 16.3. The molecular weight excluding hydrogens is 425 g/mol. The maximum absolute atomic E-state index is 13.9. The smallest absolute Gasteiger partial charge is 0.209 e. The Bertz CT molecular complexity index is 896. The highest BCUT2D eigenvalue weighted by atomic mass is 79.9. The maximum Gasteiger partial charge on any atom is 0.209 e. The quantitative estimate of drug-likeness (QED) is 0.350. The largest absolute Gasteiger partial charge is 0.241 e. The van der Waals surface area contributed by atoms with Gasteiger partial charge in [-0.15, -0.1) is 11.7 Å². The highest BCUT2D eigenvalue weighted by Gasteiger charge is 2.13. The standard InChI is InChI=1S/C18H14BrClFN3S/c1-2-9-24-17(12-3-6-14(19)7-4-12)22-18(23-24)25-11-13-5-8-15(20)10-16(13)21/h2-8,10H,1,9,11H2. The van der Waals surface area contributed by atoms with Crippen LogP contribution in [0.1, 0.15) is 5.56 Å². The van der Waals surface area contributed by atoms with Crippen molar-refractivity contribution < 1.29 is 4.39 Å². The van der Waals surface area contributed by atoms with E-state index in [0.29, 0.717) is 28.0 Å². The third-order valence-corrected chi connectivity index (χ3v) is 5.08. The van der Waals surface area contributed by atoms with Crippen molar-refractivity contribution in [1.29, 1.82) is 0 Å². The summed E-state index contributed by atoms with van der Waals surface area (Å²) < 4.78 is 16.7. The van der Waals surface area contributed by atoms with Crippen LogP contribution < -0.4 is 0 Å². The molecular formula is C18H14BrClFN3S.